The van der Waals surface area contributed by atoms with Crippen molar-refractivity contribution in [3.63, 3.8) is 0 Å². The number of halogens is 1. The van der Waals surface area contributed by atoms with Gasteiger partial charge in [-0.1, -0.05) is 37.2 Å². The number of nitrogens with one attached hydrogen (secondary N) is 1. The molecule has 4 nitrogen and oxygen atoms in total. The van der Waals surface area contributed by atoms with Crippen molar-refractivity contribution in [3.8, 4) is 5.75 Å². The van der Waals surface area contributed by atoms with E-state index < -0.39 is 0 Å². The summed E-state index contributed by atoms with van der Waals surface area (Å²) in [7, 11) is 1.50. The van der Waals surface area contributed by atoms with E-state index in [0.717, 1.165) is 6.42 Å². The summed E-state index contributed by atoms with van der Waals surface area (Å²) >= 11 is 10.8. The molecule has 1 atom stereocenters. The molecule has 3 N–H and O–H groups in total. The summed E-state index contributed by atoms with van der Waals surface area (Å²) in [5, 5.41) is 3.26. The molecule has 6 heteroatoms. The molecule has 1 rings (SSSR count). The topological polar surface area (TPSA) is 64.3 Å². The van der Waals surface area contributed by atoms with Gasteiger partial charge in [0.2, 0.25) is 0 Å². The maximum absolute atomic E-state index is 12.2. The van der Waals surface area contributed by atoms with E-state index in [2.05, 4.69) is 5.32 Å². The molecule has 0 spiro atoms. The van der Waals surface area contributed by atoms with E-state index in [-0.39, 0.29) is 16.9 Å². The standard InChI is InChI=1S/C13H17ClN2O2S/c1-3-4-10(12(15)19)16-13(17)9-7-8(14)5-6-11(9)18-2/h5-7,10H,3-4H2,1-2H3,(H2,15,19)(H,16,17). The first-order valence-electron chi connectivity index (χ1n) is 5.93. The highest BCUT2D eigenvalue weighted by molar-refractivity contribution is 7.80. The number of thiocarbonyl (C=S) groups is 1. The van der Waals surface area contributed by atoms with Crippen LogP contribution in [0.4, 0.5) is 0 Å². The number of methoxy groups -OCH3 is 1. The minimum absolute atomic E-state index is 0.274. The number of benzene rings is 1. The van der Waals surface area contributed by atoms with E-state index in [1.807, 2.05) is 6.92 Å². The fourth-order valence-electron chi connectivity index (χ4n) is 1.67. The lowest BCUT2D eigenvalue weighted by atomic mass is 10.1. The minimum atomic E-state index is -0.323. The van der Waals surface area contributed by atoms with Crippen LogP contribution in [-0.4, -0.2) is 24.0 Å². The van der Waals surface area contributed by atoms with Crippen molar-refractivity contribution < 1.29 is 9.53 Å². The van der Waals surface area contributed by atoms with Crippen molar-refractivity contribution >= 4 is 34.7 Å². The molecule has 0 aromatic heterocycles. The molecule has 0 aliphatic carbocycles. The fraction of sp³-hybridized carbons (Fsp3) is 0.385. The van der Waals surface area contributed by atoms with Crippen molar-refractivity contribution in [2.45, 2.75) is 25.8 Å². The zero-order valence-corrected chi connectivity index (χ0v) is 12.5. The molecule has 0 saturated heterocycles. The van der Waals surface area contributed by atoms with Gasteiger partial charge in [0.15, 0.2) is 0 Å². The van der Waals surface area contributed by atoms with Gasteiger partial charge in [-0.15, -0.1) is 0 Å². The van der Waals surface area contributed by atoms with Crippen LogP contribution in [0, 0.1) is 0 Å². The molecule has 1 unspecified atom stereocenters. The van der Waals surface area contributed by atoms with Crippen LogP contribution in [0.25, 0.3) is 0 Å². The average molecular weight is 301 g/mol. The van der Waals surface area contributed by atoms with E-state index in [1.54, 1.807) is 18.2 Å². The predicted octanol–water partition coefficient (Wildman–Crippen LogP) is 2.53. The third-order valence-electron chi connectivity index (χ3n) is 2.63. The molecule has 1 amide bonds. The average Bonchev–Trinajstić information content (AvgIpc) is 2.37. The maximum atomic E-state index is 12.2. The highest BCUT2D eigenvalue weighted by atomic mass is 35.5. The van der Waals surface area contributed by atoms with E-state index in [4.69, 9.17) is 34.3 Å². The zero-order valence-electron chi connectivity index (χ0n) is 10.9. The molecule has 0 bridgehead atoms. The van der Waals surface area contributed by atoms with E-state index in [9.17, 15) is 4.79 Å². The van der Waals surface area contributed by atoms with Gasteiger partial charge in [0.25, 0.3) is 5.91 Å². The van der Waals surface area contributed by atoms with Crippen LogP contribution in [0.1, 0.15) is 30.1 Å². The van der Waals surface area contributed by atoms with Crippen LogP contribution < -0.4 is 15.8 Å². The van der Waals surface area contributed by atoms with Gasteiger partial charge in [-0.25, -0.2) is 0 Å². The van der Waals surface area contributed by atoms with Gasteiger partial charge >= 0.3 is 0 Å². The summed E-state index contributed by atoms with van der Waals surface area (Å²) in [6, 6.07) is 4.54. The molecule has 0 aliphatic heterocycles. The van der Waals surface area contributed by atoms with Gasteiger partial charge in [0.05, 0.1) is 23.7 Å². The van der Waals surface area contributed by atoms with E-state index >= 15 is 0 Å². The van der Waals surface area contributed by atoms with Gasteiger partial charge in [-0.2, -0.15) is 0 Å². The Morgan fingerprint density at radius 1 is 1.58 bits per heavy atom. The first-order valence-corrected chi connectivity index (χ1v) is 6.72. The second-order valence-electron chi connectivity index (χ2n) is 4.06. The summed E-state index contributed by atoms with van der Waals surface area (Å²) in [4.78, 5) is 12.5. The molecule has 19 heavy (non-hydrogen) atoms. The highest BCUT2D eigenvalue weighted by Gasteiger charge is 2.18. The van der Waals surface area contributed by atoms with Crippen LogP contribution >= 0.6 is 23.8 Å². The fourth-order valence-corrected chi connectivity index (χ4v) is 2.02. The Hall–Kier alpha value is -1.33. The first-order chi connectivity index (χ1) is 8.99. The van der Waals surface area contributed by atoms with Crippen LogP contribution in [-0.2, 0) is 0 Å². The number of carbonyl (C=O) groups is 1. The second-order valence-corrected chi connectivity index (χ2v) is 4.97. The smallest absolute Gasteiger partial charge is 0.255 e. The number of hydrogen-bond acceptors (Lipinski definition) is 3. The molecule has 1 aromatic carbocycles. The van der Waals surface area contributed by atoms with Gasteiger partial charge in [0.1, 0.15) is 5.75 Å². The molecule has 0 saturated carbocycles. The summed E-state index contributed by atoms with van der Waals surface area (Å²) in [6.45, 7) is 2.00. The number of hydrogen-bond donors (Lipinski definition) is 2. The van der Waals surface area contributed by atoms with Crippen molar-refractivity contribution in [1.82, 2.24) is 5.32 Å². The molecule has 1 aromatic rings. The van der Waals surface area contributed by atoms with Crippen LogP contribution in [0.5, 0.6) is 5.75 Å². The Balaban J connectivity index is 2.93. The van der Waals surface area contributed by atoms with Crippen molar-refractivity contribution in [3.05, 3.63) is 28.8 Å². The minimum Gasteiger partial charge on any atom is -0.496 e. The van der Waals surface area contributed by atoms with Gasteiger partial charge in [-0.05, 0) is 24.6 Å². The zero-order chi connectivity index (χ0) is 14.4. The molecule has 0 radical (unpaired) electrons. The molecular weight excluding hydrogens is 284 g/mol. The summed E-state index contributed by atoms with van der Waals surface area (Å²) in [5.41, 5.74) is 5.98. The Labute approximate surface area is 123 Å². The Kier molecular flexibility index (Phi) is 6.05. The molecule has 0 aliphatic rings. The van der Waals surface area contributed by atoms with E-state index in [1.165, 1.54) is 7.11 Å². The lowest BCUT2D eigenvalue weighted by Gasteiger charge is -2.17. The summed E-state index contributed by atoms with van der Waals surface area (Å²) < 4.78 is 5.14. The maximum Gasteiger partial charge on any atom is 0.255 e. The number of ether oxygens (including phenoxy) is 1. The van der Waals surface area contributed by atoms with Crippen molar-refractivity contribution in [2.24, 2.45) is 5.73 Å². The number of rotatable bonds is 6. The Morgan fingerprint density at radius 3 is 2.79 bits per heavy atom. The van der Waals surface area contributed by atoms with Crippen molar-refractivity contribution in [2.75, 3.05) is 7.11 Å². The predicted molar refractivity (Wildman–Crippen MR) is 81.0 cm³/mol. The lowest BCUT2D eigenvalue weighted by Crippen LogP contribution is -2.43. The summed E-state index contributed by atoms with van der Waals surface area (Å²) in [5.74, 6) is 0.158. The number of carbonyl (C=O) groups excluding carboxylic acids is 1. The molecule has 0 heterocycles. The monoisotopic (exact) mass is 300 g/mol. The SMILES string of the molecule is CCCC(NC(=O)c1cc(Cl)ccc1OC)C(N)=S. The third kappa shape index (κ3) is 4.36. The number of nitrogens with two attached hydrogens (primary N) is 1. The normalized spacial score (nSPS) is 11.7. The van der Waals surface area contributed by atoms with Crippen molar-refractivity contribution in [1.29, 1.82) is 0 Å². The quantitative estimate of drug-likeness (QED) is 0.793. The highest BCUT2D eigenvalue weighted by Crippen LogP contribution is 2.22. The van der Waals surface area contributed by atoms with Crippen LogP contribution in [0.3, 0.4) is 0 Å². The molecule has 0 fully saturated rings. The van der Waals surface area contributed by atoms with Crippen LogP contribution in [0.15, 0.2) is 18.2 Å². The van der Waals surface area contributed by atoms with Gasteiger partial charge in [0, 0.05) is 5.02 Å². The lowest BCUT2D eigenvalue weighted by molar-refractivity contribution is 0.0942. The first kappa shape index (κ1) is 15.7. The summed E-state index contributed by atoms with van der Waals surface area (Å²) in [6.07, 6.45) is 1.57. The van der Waals surface area contributed by atoms with Gasteiger partial charge < -0.3 is 15.8 Å². The van der Waals surface area contributed by atoms with E-state index in [0.29, 0.717) is 22.8 Å². The Bertz CT molecular complexity index is 480. The largest absolute Gasteiger partial charge is 0.496 e. The third-order valence-corrected chi connectivity index (χ3v) is 3.15. The second kappa shape index (κ2) is 7.31. The van der Waals surface area contributed by atoms with Crippen LogP contribution in [0.2, 0.25) is 5.02 Å². The molecular formula is C13H17ClN2O2S. The van der Waals surface area contributed by atoms with Gasteiger partial charge in [-0.3, -0.25) is 4.79 Å². The Morgan fingerprint density at radius 2 is 2.26 bits per heavy atom. The number of amides is 1. The molecule has 104 valence electrons.